The number of nitrogen functional groups attached to an aromatic ring is 1. The summed E-state index contributed by atoms with van der Waals surface area (Å²) in [6, 6.07) is 5.01. The Balaban J connectivity index is 2.95. The Labute approximate surface area is 84.1 Å². The van der Waals surface area contributed by atoms with E-state index in [0.29, 0.717) is 11.3 Å². The van der Waals surface area contributed by atoms with Gasteiger partial charge in [0.1, 0.15) is 0 Å². The second-order valence-electron chi connectivity index (χ2n) is 2.37. The van der Waals surface area contributed by atoms with Crippen LogP contribution in [0.15, 0.2) is 22.7 Å². The predicted octanol–water partition coefficient (Wildman–Crippen LogP) is 1.32. The molecule has 0 saturated heterocycles. The molecule has 1 aromatic carbocycles. The topological polar surface area (TPSA) is 64.3 Å². The molecule has 0 heterocycles. The highest BCUT2D eigenvalue weighted by Crippen LogP contribution is 2.18. The highest BCUT2D eigenvalue weighted by molar-refractivity contribution is 9.10. The van der Waals surface area contributed by atoms with Crippen molar-refractivity contribution in [2.75, 3.05) is 12.8 Å². The number of hydrogen-bond donors (Lipinski definition) is 2. The van der Waals surface area contributed by atoms with Crippen LogP contribution in [0, 0.1) is 0 Å². The minimum Gasteiger partial charge on any atom is -0.398 e. The van der Waals surface area contributed by atoms with Gasteiger partial charge in [-0.15, -0.1) is 0 Å². The van der Waals surface area contributed by atoms with Gasteiger partial charge in [0.2, 0.25) is 0 Å². The lowest BCUT2D eigenvalue weighted by atomic mass is 10.2. The van der Waals surface area contributed by atoms with E-state index < -0.39 is 0 Å². The number of hydrogen-bond acceptors (Lipinski definition) is 3. The summed E-state index contributed by atoms with van der Waals surface area (Å²) in [5.41, 5.74) is 8.59. The molecule has 0 unspecified atom stereocenters. The van der Waals surface area contributed by atoms with Crippen molar-refractivity contribution in [3.8, 4) is 0 Å². The number of hydroxylamine groups is 1. The highest BCUT2D eigenvalue weighted by Gasteiger charge is 2.08. The molecule has 70 valence electrons. The van der Waals surface area contributed by atoms with Gasteiger partial charge in [0.05, 0.1) is 12.7 Å². The van der Waals surface area contributed by atoms with Gasteiger partial charge in [0.15, 0.2) is 0 Å². The summed E-state index contributed by atoms with van der Waals surface area (Å²) in [6.45, 7) is 0. The van der Waals surface area contributed by atoms with E-state index in [1.807, 2.05) is 0 Å². The van der Waals surface area contributed by atoms with Gasteiger partial charge in [-0.2, -0.15) is 0 Å². The Bertz CT molecular complexity index is 328. The van der Waals surface area contributed by atoms with Gasteiger partial charge in [-0.25, -0.2) is 5.48 Å². The fourth-order valence-corrected chi connectivity index (χ4v) is 1.27. The molecule has 0 aromatic heterocycles. The third kappa shape index (κ3) is 2.43. The normalized spacial score (nSPS) is 9.69. The first-order chi connectivity index (χ1) is 6.15. The number of carbonyl (C=O) groups is 1. The minimum absolute atomic E-state index is 0.354. The van der Waals surface area contributed by atoms with Crippen molar-refractivity contribution in [2.24, 2.45) is 0 Å². The number of anilines is 1. The first kappa shape index (κ1) is 10.0. The van der Waals surface area contributed by atoms with Crippen molar-refractivity contribution in [3.05, 3.63) is 28.2 Å². The monoisotopic (exact) mass is 244 g/mol. The van der Waals surface area contributed by atoms with Gasteiger partial charge in [-0.1, -0.05) is 15.9 Å². The van der Waals surface area contributed by atoms with Gasteiger partial charge in [0.25, 0.3) is 5.91 Å². The lowest BCUT2D eigenvalue weighted by molar-refractivity contribution is 0.0538. The van der Waals surface area contributed by atoms with E-state index >= 15 is 0 Å². The molecule has 0 fully saturated rings. The smallest absolute Gasteiger partial charge is 0.276 e. The zero-order valence-corrected chi connectivity index (χ0v) is 8.59. The second-order valence-corrected chi connectivity index (χ2v) is 3.28. The standard InChI is InChI=1S/C8H9BrN2O2/c1-13-11-8(12)6-3-2-5(9)4-7(6)10/h2-4H,10H2,1H3,(H,11,12). The minimum atomic E-state index is -0.354. The molecule has 0 aliphatic rings. The molecular formula is C8H9BrN2O2. The highest BCUT2D eigenvalue weighted by atomic mass is 79.9. The number of nitrogens with one attached hydrogen (secondary N) is 1. The molecular weight excluding hydrogens is 236 g/mol. The van der Waals surface area contributed by atoms with Crippen molar-refractivity contribution in [1.29, 1.82) is 0 Å². The van der Waals surface area contributed by atoms with Crippen LogP contribution in [0.3, 0.4) is 0 Å². The average molecular weight is 245 g/mol. The Morgan fingerprint density at radius 3 is 2.85 bits per heavy atom. The number of benzene rings is 1. The van der Waals surface area contributed by atoms with Crippen LogP contribution in [0.25, 0.3) is 0 Å². The zero-order valence-electron chi connectivity index (χ0n) is 7.00. The van der Waals surface area contributed by atoms with Crippen LogP contribution in [0.4, 0.5) is 5.69 Å². The van der Waals surface area contributed by atoms with Crippen LogP contribution in [-0.2, 0) is 4.84 Å². The van der Waals surface area contributed by atoms with Crippen molar-refractivity contribution < 1.29 is 9.63 Å². The van der Waals surface area contributed by atoms with E-state index in [2.05, 4.69) is 26.2 Å². The summed E-state index contributed by atoms with van der Waals surface area (Å²) in [7, 11) is 1.37. The molecule has 0 saturated carbocycles. The molecule has 5 heteroatoms. The summed E-state index contributed by atoms with van der Waals surface area (Å²) in [4.78, 5) is 15.7. The summed E-state index contributed by atoms with van der Waals surface area (Å²) in [6.07, 6.45) is 0. The van der Waals surface area contributed by atoms with Gasteiger partial charge >= 0.3 is 0 Å². The van der Waals surface area contributed by atoms with E-state index in [9.17, 15) is 4.79 Å². The molecule has 0 atom stereocenters. The molecule has 0 aliphatic carbocycles. The van der Waals surface area contributed by atoms with Crippen molar-refractivity contribution in [3.63, 3.8) is 0 Å². The maximum Gasteiger partial charge on any atom is 0.276 e. The average Bonchev–Trinajstić information content (AvgIpc) is 2.04. The van der Waals surface area contributed by atoms with Crippen molar-refractivity contribution in [2.45, 2.75) is 0 Å². The van der Waals surface area contributed by atoms with Crippen molar-refractivity contribution in [1.82, 2.24) is 5.48 Å². The largest absolute Gasteiger partial charge is 0.398 e. The maximum absolute atomic E-state index is 11.2. The fraction of sp³-hybridized carbons (Fsp3) is 0.125. The van der Waals surface area contributed by atoms with E-state index in [1.54, 1.807) is 18.2 Å². The molecule has 0 radical (unpaired) electrons. The molecule has 1 aromatic rings. The number of halogens is 1. The Morgan fingerprint density at radius 1 is 1.62 bits per heavy atom. The number of rotatable bonds is 2. The summed E-state index contributed by atoms with van der Waals surface area (Å²) >= 11 is 3.24. The summed E-state index contributed by atoms with van der Waals surface area (Å²) in [5.74, 6) is -0.354. The molecule has 1 amide bonds. The molecule has 0 bridgehead atoms. The number of amides is 1. The summed E-state index contributed by atoms with van der Waals surface area (Å²) in [5, 5.41) is 0. The fourth-order valence-electron chi connectivity index (χ4n) is 0.888. The molecule has 1 rings (SSSR count). The molecule has 0 aliphatic heterocycles. The Kier molecular flexibility index (Phi) is 3.27. The van der Waals surface area contributed by atoms with Crippen LogP contribution in [0.5, 0.6) is 0 Å². The van der Waals surface area contributed by atoms with Crippen LogP contribution in [0.2, 0.25) is 0 Å². The third-order valence-corrected chi connectivity index (χ3v) is 1.95. The van der Waals surface area contributed by atoms with Crippen LogP contribution < -0.4 is 11.2 Å². The quantitative estimate of drug-likeness (QED) is 0.610. The van der Waals surface area contributed by atoms with Gasteiger partial charge < -0.3 is 5.73 Å². The summed E-state index contributed by atoms with van der Waals surface area (Å²) < 4.78 is 0.832. The number of carbonyl (C=O) groups excluding carboxylic acids is 1. The lowest BCUT2D eigenvalue weighted by Crippen LogP contribution is -2.22. The molecule has 3 N–H and O–H groups in total. The third-order valence-electron chi connectivity index (χ3n) is 1.45. The number of nitrogens with two attached hydrogens (primary N) is 1. The maximum atomic E-state index is 11.2. The molecule has 4 nitrogen and oxygen atoms in total. The van der Waals surface area contributed by atoms with Crippen LogP contribution in [-0.4, -0.2) is 13.0 Å². The van der Waals surface area contributed by atoms with E-state index in [0.717, 1.165) is 4.47 Å². The Hall–Kier alpha value is -1.07. The van der Waals surface area contributed by atoms with Gasteiger partial charge in [0, 0.05) is 10.2 Å². The first-order valence-electron chi connectivity index (χ1n) is 3.53. The molecule has 13 heavy (non-hydrogen) atoms. The van der Waals surface area contributed by atoms with Gasteiger partial charge in [-0.05, 0) is 18.2 Å². The van der Waals surface area contributed by atoms with E-state index in [-0.39, 0.29) is 5.91 Å². The van der Waals surface area contributed by atoms with Gasteiger partial charge in [-0.3, -0.25) is 9.63 Å². The van der Waals surface area contributed by atoms with E-state index in [1.165, 1.54) is 7.11 Å². The predicted molar refractivity (Wildman–Crippen MR) is 53.0 cm³/mol. The van der Waals surface area contributed by atoms with Crippen LogP contribution in [0.1, 0.15) is 10.4 Å². The zero-order chi connectivity index (χ0) is 9.84. The van der Waals surface area contributed by atoms with Crippen molar-refractivity contribution >= 4 is 27.5 Å². The Morgan fingerprint density at radius 2 is 2.31 bits per heavy atom. The van der Waals surface area contributed by atoms with Crippen LogP contribution >= 0.6 is 15.9 Å². The molecule has 0 spiro atoms. The van der Waals surface area contributed by atoms with E-state index in [4.69, 9.17) is 5.73 Å². The first-order valence-corrected chi connectivity index (χ1v) is 4.33. The lowest BCUT2D eigenvalue weighted by Gasteiger charge is -2.05. The second kappa shape index (κ2) is 4.25. The SMILES string of the molecule is CONC(=O)c1ccc(Br)cc1N.